The zero-order chi connectivity index (χ0) is 14.8. The lowest BCUT2D eigenvalue weighted by Crippen LogP contribution is -2.48. The summed E-state index contributed by atoms with van der Waals surface area (Å²) in [6, 6.07) is 3.51. The van der Waals surface area contributed by atoms with Crippen LogP contribution in [-0.4, -0.2) is 29.0 Å². The van der Waals surface area contributed by atoms with Gasteiger partial charge in [0.05, 0.1) is 11.1 Å². The van der Waals surface area contributed by atoms with E-state index < -0.39 is 24.0 Å². The van der Waals surface area contributed by atoms with E-state index in [0.29, 0.717) is 5.02 Å². The average Bonchev–Trinajstić information content (AvgIpc) is 3.19. The van der Waals surface area contributed by atoms with Gasteiger partial charge >= 0.3 is 5.97 Å². The minimum Gasteiger partial charge on any atom is -0.451 e. The Morgan fingerprint density at radius 2 is 2.35 bits per heavy atom. The zero-order valence-corrected chi connectivity index (χ0v) is 11.7. The third-order valence-corrected chi connectivity index (χ3v) is 3.45. The summed E-state index contributed by atoms with van der Waals surface area (Å²) in [5.74, 6) is -0.988. The van der Waals surface area contributed by atoms with Gasteiger partial charge in [-0.2, -0.15) is 5.26 Å². The summed E-state index contributed by atoms with van der Waals surface area (Å²) in [5, 5.41) is 12.1. The van der Waals surface area contributed by atoms with Gasteiger partial charge in [-0.3, -0.25) is 4.79 Å². The molecule has 0 bridgehead atoms. The first-order chi connectivity index (χ1) is 9.44. The number of aromatic amines is 1. The van der Waals surface area contributed by atoms with Gasteiger partial charge in [-0.05, 0) is 31.7 Å². The van der Waals surface area contributed by atoms with E-state index in [0.717, 1.165) is 12.8 Å². The van der Waals surface area contributed by atoms with Gasteiger partial charge in [-0.25, -0.2) is 4.79 Å². The van der Waals surface area contributed by atoms with Crippen LogP contribution in [0.3, 0.4) is 0 Å². The van der Waals surface area contributed by atoms with Gasteiger partial charge in [-0.1, -0.05) is 11.6 Å². The second-order valence-corrected chi connectivity index (χ2v) is 5.38. The SMILES string of the molecule is CC(C#N)(NC(=O)COC(=O)c1cc(Cl)c[nH]1)C1CC1. The maximum absolute atomic E-state index is 11.7. The lowest BCUT2D eigenvalue weighted by molar-refractivity contribution is -0.125. The van der Waals surface area contributed by atoms with Crippen molar-refractivity contribution in [2.75, 3.05) is 6.61 Å². The number of hydrogen-bond acceptors (Lipinski definition) is 4. The Morgan fingerprint density at radius 1 is 1.65 bits per heavy atom. The monoisotopic (exact) mass is 295 g/mol. The van der Waals surface area contributed by atoms with E-state index >= 15 is 0 Å². The molecule has 0 aromatic carbocycles. The molecule has 106 valence electrons. The molecule has 6 nitrogen and oxygen atoms in total. The molecule has 0 saturated heterocycles. The third kappa shape index (κ3) is 3.31. The third-order valence-electron chi connectivity index (χ3n) is 3.23. The lowest BCUT2D eigenvalue weighted by Gasteiger charge is -2.22. The summed E-state index contributed by atoms with van der Waals surface area (Å²) >= 11 is 5.66. The Hall–Kier alpha value is -2.00. The molecule has 1 amide bonds. The lowest BCUT2D eigenvalue weighted by atomic mass is 9.98. The highest BCUT2D eigenvalue weighted by atomic mass is 35.5. The van der Waals surface area contributed by atoms with Crippen LogP contribution in [0.15, 0.2) is 12.3 Å². The Balaban J connectivity index is 1.83. The van der Waals surface area contributed by atoms with Crippen LogP contribution < -0.4 is 5.32 Å². The molecule has 0 spiro atoms. The molecule has 1 aromatic heterocycles. The molecule has 1 unspecified atom stereocenters. The zero-order valence-electron chi connectivity index (χ0n) is 10.9. The maximum atomic E-state index is 11.7. The number of carbonyl (C=O) groups excluding carboxylic acids is 2. The number of rotatable bonds is 5. The summed E-state index contributed by atoms with van der Waals surface area (Å²) in [7, 11) is 0. The Labute approximate surface area is 121 Å². The number of nitrogens with zero attached hydrogens (tertiary/aromatic N) is 1. The standard InChI is InChI=1S/C13H14ClN3O3/c1-13(7-15,8-2-3-8)17-11(18)6-20-12(19)10-4-9(14)5-16-10/h4-5,8,16H,2-3,6H2,1H3,(H,17,18). The second-order valence-electron chi connectivity index (χ2n) is 4.94. The van der Waals surface area contributed by atoms with E-state index in [2.05, 4.69) is 16.4 Å². The molecule has 1 aliphatic rings. The van der Waals surface area contributed by atoms with Crippen molar-refractivity contribution in [3.63, 3.8) is 0 Å². The number of H-pyrrole nitrogens is 1. The highest BCUT2D eigenvalue weighted by Crippen LogP contribution is 2.39. The number of amides is 1. The summed E-state index contributed by atoms with van der Waals surface area (Å²) in [4.78, 5) is 25.9. The number of esters is 1. The molecule has 1 heterocycles. The first-order valence-corrected chi connectivity index (χ1v) is 6.56. The van der Waals surface area contributed by atoms with Gasteiger partial charge in [-0.15, -0.1) is 0 Å². The molecule has 20 heavy (non-hydrogen) atoms. The van der Waals surface area contributed by atoms with Gasteiger partial charge in [0.1, 0.15) is 11.2 Å². The van der Waals surface area contributed by atoms with Crippen molar-refractivity contribution >= 4 is 23.5 Å². The maximum Gasteiger partial charge on any atom is 0.355 e. The predicted molar refractivity (Wildman–Crippen MR) is 71.0 cm³/mol. The van der Waals surface area contributed by atoms with Crippen molar-refractivity contribution < 1.29 is 14.3 Å². The molecule has 0 radical (unpaired) electrons. The Morgan fingerprint density at radius 3 is 2.85 bits per heavy atom. The van der Waals surface area contributed by atoms with Crippen molar-refractivity contribution in [3.8, 4) is 6.07 Å². The number of hydrogen-bond donors (Lipinski definition) is 2. The second kappa shape index (κ2) is 5.55. The molecule has 1 fully saturated rings. The fraction of sp³-hybridized carbons (Fsp3) is 0.462. The molecule has 1 aromatic rings. The molecule has 1 atom stereocenters. The van der Waals surface area contributed by atoms with E-state index in [1.807, 2.05) is 0 Å². The summed E-state index contributed by atoms with van der Waals surface area (Å²) < 4.78 is 4.84. The van der Waals surface area contributed by atoms with Crippen molar-refractivity contribution in [2.45, 2.75) is 25.3 Å². The van der Waals surface area contributed by atoms with Crippen molar-refractivity contribution in [1.29, 1.82) is 5.26 Å². The summed E-state index contributed by atoms with van der Waals surface area (Å²) in [6.45, 7) is 1.24. The van der Waals surface area contributed by atoms with Crippen LogP contribution in [0.2, 0.25) is 5.02 Å². The number of halogens is 1. The smallest absolute Gasteiger partial charge is 0.355 e. The number of ether oxygens (including phenoxy) is 1. The highest BCUT2D eigenvalue weighted by molar-refractivity contribution is 6.30. The molecule has 2 N–H and O–H groups in total. The van der Waals surface area contributed by atoms with E-state index in [-0.39, 0.29) is 11.6 Å². The van der Waals surface area contributed by atoms with Crippen molar-refractivity contribution in [3.05, 3.63) is 23.0 Å². The van der Waals surface area contributed by atoms with E-state index in [9.17, 15) is 9.59 Å². The van der Waals surface area contributed by atoms with Gasteiger partial charge in [0.2, 0.25) is 0 Å². The quantitative estimate of drug-likeness (QED) is 0.807. The Bertz CT molecular complexity index is 574. The van der Waals surface area contributed by atoms with Crippen LogP contribution in [0, 0.1) is 17.2 Å². The van der Waals surface area contributed by atoms with E-state index in [4.69, 9.17) is 21.6 Å². The minimum absolute atomic E-state index is 0.174. The van der Waals surface area contributed by atoms with Crippen LogP contribution in [0.4, 0.5) is 0 Å². The molecule has 0 aliphatic heterocycles. The predicted octanol–water partition coefficient (Wildman–Crippen LogP) is 1.63. The van der Waals surface area contributed by atoms with Crippen LogP contribution in [0.25, 0.3) is 0 Å². The van der Waals surface area contributed by atoms with Crippen LogP contribution in [-0.2, 0) is 9.53 Å². The first-order valence-electron chi connectivity index (χ1n) is 6.18. The minimum atomic E-state index is -0.890. The normalized spacial score (nSPS) is 16.9. The van der Waals surface area contributed by atoms with Gasteiger partial charge in [0.15, 0.2) is 6.61 Å². The fourth-order valence-electron chi connectivity index (χ4n) is 1.90. The summed E-state index contributed by atoms with van der Waals surface area (Å²) in [5.41, 5.74) is -0.716. The summed E-state index contributed by atoms with van der Waals surface area (Å²) in [6.07, 6.45) is 3.29. The number of carbonyl (C=O) groups is 2. The van der Waals surface area contributed by atoms with Gasteiger partial charge < -0.3 is 15.0 Å². The molecule has 7 heteroatoms. The van der Waals surface area contributed by atoms with Gasteiger partial charge in [0, 0.05) is 6.20 Å². The van der Waals surface area contributed by atoms with Crippen LogP contribution >= 0.6 is 11.6 Å². The number of aromatic nitrogens is 1. The van der Waals surface area contributed by atoms with E-state index in [1.165, 1.54) is 12.3 Å². The first kappa shape index (κ1) is 14.4. The Kier molecular flexibility index (Phi) is 4.00. The molecule has 1 saturated carbocycles. The molecular weight excluding hydrogens is 282 g/mol. The topological polar surface area (TPSA) is 95.0 Å². The van der Waals surface area contributed by atoms with Crippen LogP contribution in [0.1, 0.15) is 30.3 Å². The van der Waals surface area contributed by atoms with Gasteiger partial charge in [0.25, 0.3) is 5.91 Å². The largest absolute Gasteiger partial charge is 0.451 e. The highest BCUT2D eigenvalue weighted by Gasteiger charge is 2.43. The van der Waals surface area contributed by atoms with Crippen molar-refractivity contribution in [2.24, 2.45) is 5.92 Å². The molecule has 2 rings (SSSR count). The van der Waals surface area contributed by atoms with E-state index in [1.54, 1.807) is 6.92 Å². The number of nitriles is 1. The number of nitrogens with one attached hydrogen (secondary N) is 2. The molecule has 1 aliphatic carbocycles. The molecular formula is C13H14ClN3O3. The average molecular weight is 296 g/mol. The van der Waals surface area contributed by atoms with Crippen molar-refractivity contribution in [1.82, 2.24) is 10.3 Å². The fourth-order valence-corrected chi connectivity index (χ4v) is 2.07. The van der Waals surface area contributed by atoms with Crippen LogP contribution in [0.5, 0.6) is 0 Å².